The van der Waals surface area contributed by atoms with E-state index < -0.39 is 0 Å². The lowest BCUT2D eigenvalue weighted by atomic mass is 10.0. The highest BCUT2D eigenvalue weighted by Gasteiger charge is 2.30. The molecule has 1 fully saturated rings. The molecule has 1 aliphatic heterocycles. The second-order valence-corrected chi connectivity index (χ2v) is 5.02. The van der Waals surface area contributed by atoms with Crippen molar-refractivity contribution in [3.8, 4) is 0 Å². The van der Waals surface area contributed by atoms with Crippen LogP contribution in [0.5, 0.6) is 0 Å². The Morgan fingerprint density at radius 3 is 2.71 bits per heavy atom. The number of rotatable bonds is 3. The zero-order chi connectivity index (χ0) is 12.4. The molecule has 0 bridgehead atoms. The SMILES string of the molecule is CC(C)c1ccccc1N1CC(CN)CC1=O. The summed E-state index contributed by atoms with van der Waals surface area (Å²) in [6.07, 6.45) is 0.586. The molecule has 1 heterocycles. The van der Waals surface area contributed by atoms with E-state index in [1.165, 1.54) is 5.56 Å². The summed E-state index contributed by atoms with van der Waals surface area (Å²) in [5.41, 5.74) is 7.95. The van der Waals surface area contributed by atoms with Gasteiger partial charge in [0.1, 0.15) is 0 Å². The summed E-state index contributed by atoms with van der Waals surface area (Å²) < 4.78 is 0. The fourth-order valence-electron chi connectivity index (χ4n) is 2.39. The lowest BCUT2D eigenvalue weighted by Gasteiger charge is -2.22. The minimum atomic E-state index is 0.202. The molecular weight excluding hydrogens is 212 g/mol. The third-order valence-corrected chi connectivity index (χ3v) is 3.39. The monoisotopic (exact) mass is 232 g/mol. The van der Waals surface area contributed by atoms with Crippen LogP contribution in [0.2, 0.25) is 0 Å². The van der Waals surface area contributed by atoms with Crippen LogP contribution in [0.3, 0.4) is 0 Å². The molecule has 3 heteroatoms. The third kappa shape index (κ3) is 2.34. The van der Waals surface area contributed by atoms with Crippen molar-refractivity contribution in [2.45, 2.75) is 26.2 Å². The van der Waals surface area contributed by atoms with Crippen LogP contribution in [0, 0.1) is 5.92 Å². The van der Waals surface area contributed by atoms with Gasteiger partial charge >= 0.3 is 0 Å². The van der Waals surface area contributed by atoms with E-state index in [0.29, 0.717) is 24.8 Å². The van der Waals surface area contributed by atoms with Crippen LogP contribution in [0.4, 0.5) is 5.69 Å². The van der Waals surface area contributed by atoms with Crippen molar-refractivity contribution in [1.82, 2.24) is 0 Å². The van der Waals surface area contributed by atoms with Crippen LogP contribution in [0.1, 0.15) is 31.7 Å². The van der Waals surface area contributed by atoms with E-state index in [2.05, 4.69) is 19.9 Å². The van der Waals surface area contributed by atoms with Gasteiger partial charge in [-0.15, -0.1) is 0 Å². The van der Waals surface area contributed by atoms with E-state index in [4.69, 9.17) is 5.73 Å². The number of para-hydroxylation sites is 1. The van der Waals surface area contributed by atoms with Crippen molar-refractivity contribution in [3.63, 3.8) is 0 Å². The van der Waals surface area contributed by atoms with E-state index in [0.717, 1.165) is 12.2 Å². The van der Waals surface area contributed by atoms with Gasteiger partial charge in [-0.25, -0.2) is 0 Å². The Balaban J connectivity index is 2.31. The molecule has 0 aromatic heterocycles. The number of nitrogens with two attached hydrogens (primary N) is 1. The van der Waals surface area contributed by atoms with Gasteiger partial charge in [0.2, 0.25) is 5.91 Å². The lowest BCUT2D eigenvalue weighted by Crippen LogP contribution is -2.26. The largest absolute Gasteiger partial charge is 0.330 e. The summed E-state index contributed by atoms with van der Waals surface area (Å²) >= 11 is 0. The minimum absolute atomic E-state index is 0.202. The maximum atomic E-state index is 12.0. The first-order chi connectivity index (χ1) is 8.13. The molecule has 0 aliphatic carbocycles. The van der Waals surface area contributed by atoms with Gasteiger partial charge in [-0.1, -0.05) is 32.0 Å². The first-order valence-electron chi connectivity index (χ1n) is 6.22. The Labute approximate surface area is 103 Å². The minimum Gasteiger partial charge on any atom is -0.330 e. The van der Waals surface area contributed by atoms with Gasteiger partial charge < -0.3 is 10.6 Å². The quantitative estimate of drug-likeness (QED) is 0.867. The summed E-state index contributed by atoms with van der Waals surface area (Å²) in [7, 11) is 0. The Morgan fingerprint density at radius 1 is 1.41 bits per heavy atom. The van der Waals surface area contributed by atoms with E-state index in [9.17, 15) is 4.79 Å². The third-order valence-electron chi connectivity index (χ3n) is 3.39. The average Bonchev–Trinajstić information content (AvgIpc) is 2.70. The average molecular weight is 232 g/mol. The molecule has 92 valence electrons. The number of hydrogen-bond donors (Lipinski definition) is 1. The summed E-state index contributed by atoms with van der Waals surface area (Å²) in [6.45, 7) is 5.66. The van der Waals surface area contributed by atoms with Crippen molar-refractivity contribution in [3.05, 3.63) is 29.8 Å². The first-order valence-corrected chi connectivity index (χ1v) is 6.22. The predicted molar refractivity (Wildman–Crippen MR) is 70.0 cm³/mol. The van der Waals surface area contributed by atoms with Gasteiger partial charge in [0.25, 0.3) is 0 Å². The van der Waals surface area contributed by atoms with Crippen LogP contribution in [0.25, 0.3) is 0 Å². The van der Waals surface area contributed by atoms with Crippen molar-refractivity contribution < 1.29 is 4.79 Å². The molecule has 1 atom stereocenters. The number of benzene rings is 1. The van der Waals surface area contributed by atoms with E-state index in [1.54, 1.807) is 0 Å². The van der Waals surface area contributed by atoms with Crippen LogP contribution in [0.15, 0.2) is 24.3 Å². The van der Waals surface area contributed by atoms with E-state index in [1.807, 2.05) is 23.1 Å². The number of amides is 1. The highest BCUT2D eigenvalue weighted by molar-refractivity contribution is 5.96. The normalized spacial score (nSPS) is 20.4. The summed E-state index contributed by atoms with van der Waals surface area (Å²) in [6, 6.07) is 8.15. The van der Waals surface area contributed by atoms with Gasteiger partial charge in [-0.2, -0.15) is 0 Å². The molecule has 1 aliphatic rings. The molecule has 17 heavy (non-hydrogen) atoms. The maximum absolute atomic E-state index is 12.0. The second kappa shape index (κ2) is 4.88. The molecule has 0 spiro atoms. The summed E-state index contributed by atoms with van der Waals surface area (Å²) in [5.74, 6) is 0.937. The fourth-order valence-corrected chi connectivity index (χ4v) is 2.39. The van der Waals surface area contributed by atoms with Gasteiger partial charge in [0.15, 0.2) is 0 Å². The fraction of sp³-hybridized carbons (Fsp3) is 0.500. The molecule has 3 nitrogen and oxygen atoms in total. The Bertz CT molecular complexity index is 414. The molecule has 1 saturated heterocycles. The number of carbonyl (C=O) groups is 1. The topological polar surface area (TPSA) is 46.3 Å². The van der Waals surface area contributed by atoms with Crippen LogP contribution >= 0.6 is 0 Å². The number of hydrogen-bond acceptors (Lipinski definition) is 2. The van der Waals surface area contributed by atoms with Gasteiger partial charge in [0, 0.05) is 18.7 Å². The second-order valence-electron chi connectivity index (χ2n) is 5.02. The molecule has 1 aromatic rings. The molecule has 1 unspecified atom stereocenters. The molecule has 0 saturated carbocycles. The smallest absolute Gasteiger partial charge is 0.227 e. The molecule has 1 amide bonds. The predicted octanol–water partition coefficient (Wildman–Crippen LogP) is 2.12. The molecule has 0 radical (unpaired) electrons. The lowest BCUT2D eigenvalue weighted by molar-refractivity contribution is -0.117. The molecule has 1 aromatic carbocycles. The number of nitrogens with zero attached hydrogens (tertiary/aromatic N) is 1. The van der Waals surface area contributed by atoms with Crippen LogP contribution < -0.4 is 10.6 Å². The zero-order valence-electron chi connectivity index (χ0n) is 10.5. The molecule has 2 N–H and O–H groups in total. The molecular formula is C14H20N2O. The van der Waals surface area contributed by atoms with Crippen molar-refractivity contribution in [1.29, 1.82) is 0 Å². The number of carbonyl (C=O) groups excluding carboxylic acids is 1. The van der Waals surface area contributed by atoms with Gasteiger partial charge in [0.05, 0.1) is 0 Å². The number of anilines is 1. The van der Waals surface area contributed by atoms with E-state index >= 15 is 0 Å². The van der Waals surface area contributed by atoms with Gasteiger partial charge in [-0.05, 0) is 30.0 Å². The Kier molecular flexibility index (Phi) is 3.48. The van der Waals surface area contributed by atoms with Crippen molar-refractivity contribution >= 4 is 11.6 Å². The highest BCUT2D eigenvalue weighted by Crippen LogP contribution is 2.31. The first kappa shape index (κ1) is 12.1. The Morgan fingerprint density at radius 2 is 2.12 bits per heavy atom. The Hall–Kier alpha value is -1.35. The summed E-state index contributed by atoms with van der Waals surface area (Å²) in [4.78, 5) is 13.9. The maximum Gasteiger partial charge on any atom is 0.227 e. The van der Waals surface area contributed by atoms with Crippen LogP contribution in [-0.4, -0.2) is 19.0 Å². The highest BCUT2D eigenvalue weighted by atomic mass is 16.2. The van der Waals surface area contributed by atoms with Crippen LogP contribution in [-0.2, 0) is 4.79 Å². The summed E-state index contributed by atoms with van der Waals surface area (Å²) in [5, 5.41) is 0. The van der Waals surface area contributed by atoms with Crippen molar-refractivity contribution in [2.24, 2.45) is 11.7 Å². The van der Waals surface area contributed by atoms with E-state index in [-0.39, 0.29) is 5.91 Å². The van der Waals surface area contributed by atoms with Gasteiger partial charge in [-0.3, -0.25) is 4.79 Å². The molecule has 2 rings (SSSR count). The standard InChI is InChI=1S/C14H20N2O/c1-10(2)12-5-3-4-6-13(12)16-9-11(8-15)7-14(16)17/h3-6,10-11H,7-9,15H2,1-2H3. The zero-order valence-corrected chi connectivity index (χ0v) is 10.5. The van der Waals surface area contributed by atoms with Crippen molar-refractivity contribution in [2.75, 3.05) is 18.0 Å².